The van der Waals surface area contributed by atoms with E-state index in [2.05, 4.69) is 48.1 Å². The predicted octanol–water partition coefficient (Wildman–Crippen LogP) is 2.94. The molecular weight excluding hydrogens is 298 g/mol. The van der Waals surface area contributed by atoms with E-state index in [0.717, 1.165) is 5.75 Å². The zero-order valence-corrected chi connectivity index (χ0v) is 14.2. The van der Waals surface area contributed by atoms with Gasteiger partial charge in [0.05, 0.1) is 6.61 Å². The minimum atomic E-state index is -0.198. The number of hydrogen-bond acceptors (Lipinski definition) is 5. The summed E-state index contributed by atoms with van der Waals surface area (Å²) in [6.07, 6.45) is 0. The van der Waals surface area contributed by atoms with E-state index in [-0.39, 0.29) is 11.0 Å². The lowest BCUT2D eigenvalue weighted by atomic mass is 9.87. The van der Waals surface area contributed by atoms with Gasteiger partial charge in [0.1, 0.15) is 11.4 Å². The fourth-order valence-corrected chi connectivity index (χ4v) is 2.42. The van der Waals surface area contributed by atoms with Gasteiger partial charge in [-0.2, -0.15) is 0 Å². The third-order valence-electron chi connectivity index (χ3n) is 3.15. The van der Waals surface area contributed by atoms with Crippen LogP contribution in [-0.2, 0) is 5.41 Å². The molecule has 118 valence electrons. The lowest BCUT2D eigenvalue weighted by Gasteiger charge is -2.19. The van der Waals surface area contributed by atoms with Crippen molar-refractivity contribution in [2.45, 2.75) is 38.3 Å². The maximum absolute atomic E-state index is 11.4. The summed E-state index contributed by atoms with van der Waals surface area (Å²) >= 11 is 1.42. The lowest BCUT2D eigenvalue weighted by Crippen LogP contribution is -2.14. The van der Waals surface area contributed by atoms with Gasteiger partial charge in [-0.25, -0.2) is 0 Å². The monoisotopic (exact) mass is 319 g/mol. The molecule has 1 aromatic carbocycles. The maximum Gasteiger partial charge on any atom is 0.273 e. The number of H-pyrrole nitrogens is 1. The molecule has 1 aromatic heterocycles. The summed E-state index contributed by atoms with van der Waals surface area (Å²) in [5, 5.41) is 8.23. The van der Waals surface area contributed by atoms with Crippen LogP contribution in [0.4, 0.5) is 0 Å². The minimum Gasteiger partial charge on any atom is -0.493 e. The fraction of sp³-hybridized carbons (Fsp3) is 0.438. The minimum absolute atomic E-state index is 0.143. The van der Waals surface area contributed by atoms with Crippen molar-refractivity contribution in [1.82, 2.24) is 15.2 Å². The summed E-state index contributed by atoms with van der Waals surface area (Å²) in [5.41, 5.74) is 1.60. The summed E-state index contributed by atoms with van der Waals surface area (Å²) < 4.78 is 5.69. The maximum atomic E-state index is 11.4. The Morgan fingerprint density at radius 2 is 1.86 bits per heavy atom. The zero-order chi connectivity index (χ0) is 16.2. The second-order valence-corrected chi connectivity index (χ2v) is 7.10. The van der Waals surface area contributed by atoms with Crippen molar-refractivity contribution in [3.05, 3.63) is 45.9 Å². The number of benzene rings is 1. The molecule has 2 aromatic rings. The van der Waals surface area contributed by atoms with Crippen LogP contribution in [0.25, 0.3) is 0 Å². The van der Waals surface area contributed by atoms with Crippen molar-refractivity contribution < 1.29 is 4.74 Å². The smallest absolute Gasteiger partial charge is 0.273 e. The Bertz CT molecular complexity index is 675. The van der Waals surface area contributed by atoms with Crippen LogP contribution in [0, 0.1) is 6.92 Å². The van der Waals surface area contributed by atoms with E-state index < -0.39 is 0 Å². The Balaban J connectivity index is 1.81. The summed E-state index contributed by atoms with van der Waals surface area (Å²) in [5.74, 6) is 1.53. The van der Waals surface area contributed by atoms with E-state index in [4.69, 9.17) is 4.74 Å². The first-order valence-corrected chi connectivity index (χ1v) is 8.14. The number of aromatic nitrogens is 3. The molecule has 0 saturated heterocycles. The summed E-state index contributed by atoms with van der Waals surface area (Å²) in [7, 11) is 0. The van der Waals surface area contributed by atoms with Crippen LogP contribution in [0.15, 0.2) is 34.2 Å². The average Bonchev–Trinajstić information content (AvgIpc) is 2.47. The molecule has 22 heavy (non-hydrogen) atoms. The molecule has 0 aliphatic heterocycles. The van der Waals surface area contributed by atoms with Gasteiger partial charge in [0, 0.05) is 5.75 Å². The average molecular weight is 319 g/mol. The van der Waals surface area contributed by atoms with Gasteiger partial charge in [-0.3, -0.25) is 9.78 Å². The van der Waals surface area contributed by atoms with Crippen molar-refractivity contribution in [2.24, 2.45) is 0 Å². The van der Waals surface area contributed by atoms with Gasteiger partial charge in [0.15, 0.2) is 5.16 Å². The van der Waals surface area contributed by atoms with Crippen LogP contribution >= 0.6 is 11.8 Å². The molecule has 0 unspecified atom stereocenters. The Morgan fingerprint density at radius 3 is 2.45 bits per heavy atom. The van der Waals surface area contributed by atoms with Gasteiger partial charge in [0.25, 0.3) is 5.56 Å². The fourth-order valence-electron chi connectivity index (χ4n) is 1.79. The van der Waals surface area contributed by atoms with Gasteiger partial charge in [0.2, 0.25) is 0 Å². The number of ether oxygens (including phenoxy) is 1. The van der Waals surface area contributed by atoms with Crippen LogP contribution in [0.1, 0.15) is 32.0 Å². The first-order valence-electron chi connectivity index (χ1n) is 7.16. The Labute approximate surface area is 134 Å². The number of hydrogen-bond donors (Lipinski definition) is 1. The molecule has 0 atom stereocenters. The third kappa shape index (κ3) is 4.59. The molecule has 1 N–H and O–H groups in total. The molecule has 0 spiro atoms. The second kappa shape index (κ2) is 6.96. The molecule has 0 aliphatic rings. The highest BCUT2D eigenvalue weighted by molar-refractivity contribution is 7.99. The van der Waals surface area contributed by atoms with Crippen molar-refractivity contribution in [3.63, 3.8) is 0 Å². The van der Waals surface area contributed by atoms with Gasteiger partial charge >= 0.3 is 0 Å². The van der Waals surface area contributed by atoms with Crippen LogP contribution in [0.3, 0.4) is 0 Å². The molecule has 0 aliphatic carbocycles. The van der Waals surface area contributed by atoms with E-state index in [0.29, 0.717) is 23.2 Å². The lowest BCUT2D eigenvalue weighted by molar-refractivity contribution is 0.343. The number of thioether (sulfide) groups is 1. The van der Waals surface area contributed by atoms with Crippen LogP contribution < -0.4 is 10.3 Å². The van der Waals surface area contributed by atoms with Gasteiger partial charge < -0.3 is 4.74 Å². The SMILES string of the molecule is Cc1nnc(SCCOc2ccc(C(C)(C)C)cc2)[nH]c1=O. The predicted molar refractivity (Wildman–Crippen MR) is 88.8 cm³/mol. The van der Waals surface area contributed by atoms with E-state index in [9.17, 15) is 4.79 Å². The van der Waals surface area contributed by atoms with Gasteiger partial charge in [-0.1, -0.05) is 44.7 Å². The molecule has 2 rings (SSSR count). The quantitative estimate of drug-likeness (QED) is 0.678. The van der Waals surface area contributed by atoms with E-state index in [1.807, 2.05) is 12.1 Å². The molecule has 6 heteroatoms. The molecule has 5 nitrogen and oxygen atoms in total. The van der Waals surface area contributed by atoms with Crippen molar-refractivity contribution >= 4 is 11.8 Å². The number of nitrogens with zero attached hydrogens (tertiary/aromatic N) is 2. The van der Waals surface area contributed by atoms with Crippen LogP contribution in [0.2, 0.25) is 0 Å². The molecule has 1 heterocycles. The highest BCUT2D eigenvalue weighted by Gasteiger charge is 2.12. The van der Waals surface area contributed by atoms with E-state index in [1.165, 1.54) is 17.3 Å². The van der Waals surface area contributed by atoms with Gasteiger partial charge in [-0.05, 0) is 30.0 Å². The van der Waals surface area contributed by atoms with Crippen LogP contribution in [0.5, 0.6) is 5.75 Å². The molecular formula is C16H21N3O2S. The van der Waals surface area contributed by atoms with Crippen molar-refractivity contribution in [3.8, 4) is 5.75 Å². The topological polar surface area (TPSA) is 67.9 Å². The van der Waals surface area contributed by atoms with E-state index >= 15 is 0 Å². The molecule has 0 radical (unpaired) electrons. The molecule has 0 amide bonds. The highest BCUT2D eigenvalue weighted by atomic mass is 32.2. The largest absolute Gasteiger partial charge is 0.493 e. The summed E-state index contributed by atoms with van der Waals surface area (Å²) in [6.45, 7) is 8.72. The summed E-state index contributed by atoms with van der Waals surface area (Å²) in [6, 6.07) is 8.15. The third-order valence-corrected chi connectivity index (χ3v) is 3.98. The molecule has 0 saturated carbocycles. The zero-order valence-electron chi connectivity index (χ0n) is 13.3. The Morgan fingerprint density at radius 1 is 1.18 bits per heavy atom. The number of aromatic amines is 1. The standard InChI is InChI=1S/C16H21N3O2S/c1-11-14(20)17-15(19-18-11)22-10-9-21-13-7-5-12(6-8-13)16(2,3)4/h5-8H,9-10H2,1-4H3,(H,17,19,20). The number of rotatable bonds is 5. The number of nitrogens with one attached hydrogen (secondary N) is 1. The first kappa shape index (κ1) is 16.5. The molecule has 0 bridgehead atoms. The van der Waals surface area contributed by atoms with Crippen LogP contribution in [-0.4, -0.2) is 27.5 Å². The Kier molecular flexibility index (Phi) is 5.24. The van der Waals surface area contributed by atoms with Crippen molar-refractivity contribution in [1.29, 1.82) is 0 Å². The Hall–Kier alpha value is -1.82. The molecule has 0 fully saturated rings. The number of aryl methyl sites for hydroxylation is 1. The second-order valence-electron chi connectivity index (χ2n) is 6.02. The normalized spacial score (nSPS) is 11.5. The first-order chi connectivity index (χ1) is 10.4. The summed E-state index contributed by atoms with van der Waals surface area (Å²) in [4.78, 5) is 14.1. The van der Waals surface area contributed by atoms with Gasteiger partial charge in [-0.15, -0.1) is 10.2 Å². The van der Waals surface area contributed by atoms with Crippen molar-refractivity contribution in [2.75, 3.05) is 12.4 Å². The van der Waals surface area contributed by atoms with E-state index in [1.54, 1.807) is 6.92 Å². The highest BCUT2D eigenvalue weighted by Crippen LogP contribution is 2.24.